The second-order valence-corrected chi connectivity index (χ2v) is 4.12. The highest BCUT2D eigenvalue weighted by molar-refractivity contribution is 5.49. The van der Waals surface area contributed by atoms with E-state index in [2.05, 4.69) is 30.8 Å². The first-order valence-electron chi connectivity index (χ1n) is 4.95. The van der Waals surface area contributed by atoms with Crippen LogP contribution in [-0.4, -0.2) is 18.6 Å². The van der Waals surface area contributed by atoms with Gasteiger partial charge in [-0.25, -0.2) is 4.98 Å². The molecular formula is C11H19N3. The standard InChI is InChI=1S/C11H19N3/c1-8(2)7-14(4)11-6-5-10(12)9(3)13-11/h5-6,8H,7,12H2,1-4H3. The number of nitrogen functional groups attached to an aromatic ring is 1. The fraction of sp³-hybridized carbons (Fsp3) is 0.545. The Morgan fingerprint density at radius 1 is 1.43 bits per heavy atom. The van der Waals surface area contributed by atoms with E-state index in [0.29, 0.717) is 5.92 Å². The number of nitrogens with zero attached hydrogens (tertiary/aromatic N) is 2. The molecule has 0 saturated heterocycles. The molecule has 0 radical (unpaired) electrons. The first-order chi connectivity index (χ1) is 6.50. The van der Waals surface area contributed by atoms with Crippen molar-refractivity contribution in [2.24, 2.45) is 5.92 Å². The summed E-state index contributed by atoms with van der Waals surface area (Å²) in [5.41, 5.74) is 7.37. The predicted molar refractivity (Wildman–Crippen MR) is 61.5 cm³/mol. The highest BCUT2D eigenvalue weighted by atomic mass is 15.2. The van der Waals surface area contributed by atoms with Crippen LogP contribution in [0.1, 0.15) is 19.5 Å². The van der Waals surface area contributed by atoms with Gasteiger partial charge in [-0.1, -0.05) is 13.8 Å². The zero-order chi connectivity index (χ0) is 10.7. The van der Waals surface area contributed by atoms with E-state index in [1.54, 1.807) is 0 Å². The number of nitrogens with two attached hydrogens (primary N) is 1. The third-order valence-corrected chi connectivity index (χ3v) is 2.14. The van der Waals surface area contributed by atoms with Gasteiger partial charge in [0.15, 0.2) is 0 Å². The molecular weight excluding hydrogens is 174 g/mol. The molecule has 0 aliphatic rings. The van der Waals surface area contributed by atoms with E-state index in [9.17, 15) is 0 Å². The van der Waals surface area contributed by atoms with E-state index in [0.717, 1.165) is 23.7 Å². The maximum atomic E-state index is 5.71. The first-order valence-corrected chi connectivity index (χ1v) is 4.95. The van der Waals surface area contributed by atoms with E-state index in [4.69, 9.17) is 5.73 Å². The van der Waals surface area contributed by atoms with E-state index in [-0.39, 0.29) is 0 Å². The molecule has 0 spiro atoms. The van der Waals surface area contributed by atoms with Gasteiger partial charge in [-0.05, 0) is 25.0 Å². The maximum Gasteiger partial charge on any atom is 0.128 e. The molecule has 0 fully saturated rings. The molecule has 1 heterocycles. The molecule has 1 aromatic heterocycles. The summed E-state index contributed by atoms with van der Waals surface area (Å²) in [5.74, 6) is 1.63. The number of hydrogen-bond donors (Lipinski definition) is 1. The quantitative estimate of drug-likeness (QED) is 0.799. The van der Waals surface area contributed by atoms with Gasteiger partial charge in [-0.15, -0.1) is 0 Å². The number of aromatic nitrogens is 1. The summed E-state index contributed by atoms with van der Waals surface area (Å²) >= 11 is 0. The van der Waals surface area contributed by atoms with Crippen molar-refractivity contribution in [2.75, 3.05) is 24.2 Å². The fourth-order valence-corrected chi connectivity index (χ4v) is 1.41. The maximum absolute atomic E-state index is 5.71. The third kappa shape index (κ3) is 2.62. The molecule has 3 heteroatoms. The summed E-state index contributed by atoms with van der Waals surface area (Å²) in [7, 11) is 2.05. The molecule has 0 atom stereocenters. The molecule has 78 valence electrons. The minimum Gasteiger partial charge on any atom is -0.397 e. The van der Waals surface area contributed by atoms with Crippen molar-refractivity contribution < 1.29 is 0 Å². The van der Waals surface area contributed by atoms with Gasteiger partial charge in [-0.2, -0.15) is 0 Å². The molecule has 3 nitrogen and oxygen atoms in total. The Balaban J connectivity index is 2.80. The summed E-state index contributed by atoms with van der Waals surface area (Å²) in [4.78, 5) is 6.58. The molecule has 14 heavy (non-hydrogen) atoms. The lowest BCUT2D eigenvalue weighted by Crippen LogP contribution is -2.23. The van der Waals surface area contributed by atoms with Crippen LogP contribution in [0.2, 0.25) is 0 Å². The Morgan fingerprint density at radius 2 is 2.07 bits per heavy atom. The molecule has 0 unspecified atom stereocenters. The van der Waals surface area contributed by atoms with E-state index >= 15 is 0 Å². The lowest BCUT2D eigenvalue weighted by atomic mass is 10.2. The number of pyridine rings is 1. The van der Waals surface area contributed by atoms with Gasteiger partial charge in [0.1, 0.15) is 5.82 Å². The monoisotopic (exact) mass is 193 g/mol. The predicted octanol–water partition coefficient (Wildman–Crippen LogP) is 2.06. The van der Waals surface area contributed by atoms with E-state index in [1.165, 1.54) is 0 Å². The van der Waals surface area contributed by atoms with Crippen molar-refractivity contribution in [1.29, 1.82) is 0 Å². The fourth-order valence-electron chi connectivity index (χ4n) is 1.41. The Labute approximate surface area is 85.9 Å². The van der Waals surface area contributed by atoms with Gasteiger partial charge in [-0.3, -0.25) is 0 Å². The van der Waals surface area contributed by atoms with Crippen LogP contribution in [0, 0.1) is 12.8 Å². The molecule has 1 rings (SSSR count). The van der Waals surface area contributed by atoms with E-state index in [1.807, 2.05) is 19.1 Å². The van der Waals surface area contributed by atoms with Gasteiger partial charge < -0.3 is 10.6 Å². The lowest BCUT2D eigenvalue weighted by Gasteiger charge is -2.20. The molecule has 1 aromatic rings. The topological polar surface area (TPSA) is 42.2 Å². The smallest absolute Gasteiger partial charge is 0.128 e. The van der Waals surface area contributed by atoms with Crippen LogP contribution in [0.25, 0.3) is 0 Å². The van der Waals surface area contributed by atoms with Crippen molar-refractivity contribution in [1.82, 2.24) is 4.98 Å². The summed E-state index contributed by atoms with van der Waals surface area (Å²) < 4.78 is 0. The number of hydrogen-bond acceptors (Lipinski definition) is 3. The minimum atomic E-state index is 0.639. The van der Waals surface area contributed by atoms with Crippen LogP contribution in [0.4, 0.5) is 11.5 Å². The molecule has 0 aromatic carbocycles. The van der Waals surface area contributed by atoms with Crippen LogP contribution in [0.15, 0.2) is 12.1 Å². The molecule has 0 amide bonds. The second-order valence-electron chi connectivity index (χ2n) is 4.12. The van der Waals surface area contributed by atoms with Crippen molar-refractivity contribution in [2.45, 2.75) is 20.8 Å². The third-order valence-electron chi connectivity index (χ3n) is 2.14. The summed E-state index contributed by atoms with van der Waals surface area (Å²) in [6, 6.07) is 3.87. The van der Waals surface area contributed by atoms with Crippen molar-refractivity contribution in [3.8, 4) is 0 Å². The van der Waals surface area contributed by atoms with Gasteiger partial charge in [0.25, 0.3) is 0 Å². The molecule has 0 bridgehead atoms. The zero-order valence-electron chi connectivity index (χ0n) is 9.41. The van der Waals surface area contributed by atoms with Gasteiger partial charge >= 0.3 is 0 Å². The molecule has 0 saturated carbocycles. The average molecular weight is 193 g/mol. The minimum absolute atomic E-state index is 0.639. The van der Waals surface area contributed by atoms with E-state index < -0.39 is 0 Å². The Morgan fingerprint density at radius 3 is 2.57 bits per heavy atom. The second kappa shape index (κ2) is 4.31. The van der Waals surface area contributed by atoms with Gasteiger partial charge in [0, 0.05) is 13.6 Å². The van der Waals surface area contributed by atoms with Gasteiger partial charge in [0.2, 0.25) is 0 Å². The summed E-state index contributed by atoms with van der Waals surface area (Å²) in [5, 5.41) is 0. The Bertz CT molecular complexity index is 307. The molecule has 2 N–H and O–H groups in total. The normalized spacial score (nSPS) is 10.6. The average Bonchev–Trinajstić information content (AvgIpc) is 2.08. The largest absolute Gasteiger partial charge is 0.397 e. The van der Waals surface area contributed by atoms with Crippen LogP contribution in [0.5, 0.6) is 0 Å². The highest BCUT2D eigenvalue weighted by Gasteiger charge is 2.05. The zero-order valence-corrected chi connectivity index (χ0v) is 9.41. The Kier molecular flexibility index (Phi) is 3.33. The SMILES string of the molecule is Cc1nc(N(C)CC(C)C)ccc1N. The van der Waals surface area contributed by atoms with Crippen LogP contribution in [0.3, 0.4) is 0 Å². The number of aryl methyl sites for hydroxylation is 1. The van der Waals surface area contributed by atoms with Crippen molar-refractivity contribution in [3.05, 3.63) is 17.8 Å². The molecule has 0 aliphatic carbocycles. The number of rotatable bonds is 3. The summed E-state index contributed by atoms with van der Waals surface area (Å²) in [6.07, 6.45) is 0. The summed E-state index contributed by atoms with van der Waals surface area (Å²) in [6.45, 7) is 7.33. The van der Waals surface area contributed by atoms with Gasteiger partial charge in [0.05, 0.1) is 11.4 Å². The van der Waals surface area contributed by atoms with Crippen molar-refractivity contribution in [3.63, 3.8) is 0 Å². The highest BCUT2D eigenvalue weighted by Crippen LogP contribution is 2.15. The van der Waals surface area contributed by atoms with Crippen molar-refractivity contribution >= 4 is 11.5 Å². The Hall–Kier alpha value is -1.25. The van der Waals surface area contributed by atoms with Crippen LogP contribution >= 0.6 is 0 Å². The van der Waals surface area contributed by atoms with Crippen LogP contribution in [-0.2, 0) is 0 Å². The van der Waals surface area contributed by atoms with Crippen LogP contribution < -0.4 is 10.6 Å². The lowest BCUT2D eigenvalue weighted by molar-refractivity contribution is 0.634. The number of anilines is 2. The molecule has 0 aliphatic heterocycles. The first kappa shape index (κ1) is 10.8.